The number of ether oxygens (including phenoxy) is 1. The van der Waals surface area contributed by atoms with Gasteiger partial charge in [-0.1, -0.05) is 0 Å². The highest BCUT2D eigenvalue weighted by Gasteiger charge is 2.16. The van der Waals surface area contributed by atoms with Crippen LogP contribution in [0.25, 0.3) is 11.0 Å². The van der Waals surface area contributed by atoms with Crippen LogP contribution in [0.2, 0.25) is 0 Å². The molecule has 9 nitrogen and oxygen atoms in total. The number of rotatable bonds is 7. The van der Waals surface area contributed by atoms with E-state index in [1.165, 1.54) is 19.1 Å². The molecule has 1 aromatic heterocycles. The van der Waals surface area contributed by atoms with Gasteiger partial charge in [-0.25, -0.2) is 4.79 Å². The molecule has 26 heavy (non-hydrogen) atoms. The van der Waals surface area contributed by atoms with Crippen LogP contribution in [0.3, 0.4) is 0 Å². The lowest BCUT2D eigenvalue weighted by Gasteiger charge is -2.15. The largest absolute Gasteiger partial charge is 0.548 e. The first kappa shape index (κ1) is 19.0. The van der Waals surface area contributed by atoms with E-state index < -0.39 is 42.6 Å². The number of amides is 2. The second-order valence-corrected chi connectivity index (χ2v) is 5.53. The molecule has 138 valence electrons. The molecule has 1 atom stereocenters. The molecule has 2 aromatic rings. The lowest BCUT2D eigenvalue weighted by molar-refractivity contribution is -0.304. The van der Waals surface area contributed by atoms with Gasteiger partial charge in [0.05, 0.1) is 19.1 Å². The van der Waals surface area contributed by atoms with Crippen molar-refractivity contribution in [3.8, 4) is 5.75 Å². The third kappa shape index (κ3) is 5.07. The van der Waals surface area contributed by atoms with Crippen molar-refractivity contribution in [3.05, 3.63) is 40.2 Å². The zero-order chi connectivity index (χ0) is 19.3. The Bertz CT molecular complexity index is 904. The van der Waals surface area contributed by atoms with Crippen molar-refractivity contribution in [2.24, 2.45) is 0 Å². The summed E-state index contributed by atoms with van der Waals surface area (Å²) in [4.78, 5) is 45.0. The minimum absolute atomic E-state index is 0.315. The van der Waals surface area contributed by atoms with Crippen molar-refractivity contribution in [2.75, 3.05) is 13.1 Å². The number of hydrogen-bond acceptors (Lipinski definition) is 7. The average molecular weight is 361 g/mol. The molecule has 0 saturated carbocycles. The van der Waals surface area contributed by atoms with Crippen LogP contribution in [0.1, 0.15) is 12.5 Å². The Kier molecular flexibility index (Phi) is 5.94. The number of nitrogens with one attached hydrogen (secondary N) is 2. The van der Waals surface area contributed by atoms with Gasteiger partial charge in [-0.15, -0.1) is 0 Å². The predicted molar refractivity (Wildman–Crippen MR) is 88.3 cm³/mol. The number of fused-ring (bicyclic) bond motifs is 1. The van der Waals surface area contributed by atoms with E-state index >= 15 is 0 Å². The molecule has 9 heteroatoms. The van der Waals surface area contributed by atoms with Gasteiger partial charge in [0.2, 0.25) is 5.91 Å². The van der Waals surface area contributed by atoms with E-state index in [1.807, 2.05) is 0 Å². The highest BCUT2D eigenvalue weighted by molar-refractivity contribution is 5.88. The second-order valence-electron chi connectivity index (χ2n) is 5.53. The van der Waals surface area contributed by atoms with Gasteiger partial charge in [0.15, 0.2) is 6.10 Å². The number of benzene rings is 1. The Morgan fingerprint density at radius 2 is 1.92 bits per heavy atom. The van der Waals surface area contributed by atoms with Crippen molar-refractivity contribution in [1.82, 2.24) is 10.6 Å². The topological polar surface area (TPSA) is 138 Å². The standard InChI is InChI=1S/C17H18N2O7/c1-9-5-16(23)26-13-6-11(3-4-12(9)13)25-10(2)17(24)19-7-14(20)18-8-15(21)22/h3-6,10H,7-8H2,1-2H3,(H,18,20)(H,19,24)(H,21,22)/p-1. The fourth-order valence-electron chi connectivity index (χ4n) is 2.18. The molecule has 1 aromatic carbocycles. The summed E-state index contributed by atoms with van der Waals surface area (Å²) in [6.07, 6.45) is -0.932. The predicted octanol–water partition coefficient (Wildman–Crippen LogP) is -1.15. The van der Waals surface area contributed by atoms with Crippen molar-refractivity contribution in [3.63, 3.8) is 0 Å². The monoisotopic (exact) mass is 361 g/mol. The average Bonchev–Trinajstić information content (AvgIpc) is 2.57. The number of carboxylic acid groups (broad SMARTS) is 1. The fraction of sp³-hybridized carbons (Fsp3) is 0.294. The Morgan fingerprint density at radius 1 is 1.19 bits per heavy atom. The summed E-state index contributed by atoms with van der Waals surface area (Å²) < 4.78 is 10.6. The van der Waals surface area contributed by atoms with Gasteiger partial charge in [0, 0.05) is 17.5 Å². The van der Waals surface area contributed by atoms with Crippen LogP contribution in [-0.2, 0) is 14.4 Å². The molecule has 0 spiro atoms. The van der Waals surface area contributed by atoms with Crippen LogP contribution in [0.5, 0.6) is 5.75 Å². The molecular formula is C17H17N2O7-. The first-order chi connectivity index (χ1) is 12.3. The van der Waals surface area contributed by atoms with Gasteiger partial charge in [-0.05, 0) is 31.5 Å². The van der Waals surface area contributed by atoms with Crippen LogP contribution in [0.4, 0.5) is 0 Å². The molecule has 2 amide bonds. The molecule has 2 rings (SSSR count). The maximum Gasteiger partial charge on any atom is 0.336 e. The quantitative estimate of drug-likeness (QED) is 0.594. The highest BCUT2D eigenvalue weighted by Crippen LogP contribution is 2.22. The fourth-order valence-corrected chi connectivity index (χ4v) is 2.18. The Hall–Kier alpha value is -3.36. The van der Waals surface area contributed by atoms with E-state index in [9.17, 15) is 24.3 Å². The van der Waals surface area contributed by atoms with Gasteiger partial charge in [-0.2, -0.15) is 0 Å². The molecule has 0 radical (unpaired) electrons. The molecule has 1 heterocycles. The molecule has 0 aliphatic carbocycles. The summed E-state index contributed by atoms with van der Waals surface area (Å²) >= 11 is 0. The molecule has 0 aliphatic rings. The maximum atomic E-state index is 11.9. The first-order valence-corrected chi connectivity index (χ1v) is 7.71. The van der Waals surface area contributed by atoms with E-state index in [4.69, 9.17) is 9.15 Å². The van der Waals surface area contributed by atoms with E-state index in [1.54, 1.807) is 19.1 Å². The number of carbonyl (C=O) groups excluding carboxylic acids is 3. The van der Waals surface area contributed by atoms with Gasteiger partial charge in [0.25, 0.3) is 5.91 Å². The van der Waals surface area contributed by atoms with E-state index in [-0.39, 0.29) is 0 Å². The van der Waals surface area contributed by atoms with Crippen LogP contribution in [0.15, 0.2) is 33.5 Å². The lowest BCUT2D eigenvalue weighted by Crippen LogP contribution is -2.45. The third-order valence-corrected chi connectivity index (χ3v) is 3.46. The van der Waals surface area contributed by atoms with Crippen molar-refractivity contribution in [2.45, 2.75) is 20.0 Å². The Labute approximate surface area is 147 Å². The Morgan fingerprint density at radius 3 is 2.62 bits per heavy atom. The van der Waals surface area contributed by atoms with Crippen LogP contribution < -0.4 is 26.1 Å². The Balaban J connectivity index is 1.96. The highest BCUT2D eigenvalue weighted by atomic mass is 16.5. The number of carbonyl (C=O) groups is 3. The summed E-state index contributed by atoms with van der Waals surface area (Å²) in [7, 11) is 0. The summed E-state index contributed by atoms with van der Waals surface area (Å²) in [6, 6.07) is 6.22. The van der Waals surface area contributed by atoms with Crippen LogP contribution in [0, 0.1) is 6.92 Å². The van der Waals surface area contributed by atoms with Crippen molar-refractivity contribution < 1.29 is 28.6 Å². The second kappa shape index (κ2) is 8.15. The third-order valence-electron chi connectivity index (χ3n) is 3.46. The molecular weight excluding hydrogens is 344 g/mol. The zero-order valence-corrected chi connectivity index (χ0v) is 14.2. The van der Waals surface area contributed by atoms with Crippen molar-refractivity contribution >= 4 is 28.8 Å². The summed E-state index contributed by atoms with van der Waals surface area (Å²) in [5, 5.41) is 15.4. The summed E-state index contributed by atoms with van der Waals surface area (Å²) in [5.74, 6) is -2.35. The van der Waals surface area contributed by atoms with Crippen LogP contribution >= 0.6 is 0 Å². The lowest BCUT2D eigenvalue weighted by atomic mass is 10.1. The van der Waals surface area contributed by atoms with Gasteiger partial charge in [-0.3, -0.25) is 9.59 Å². The molecule has 0 aliphatic heterocycles. The molecule has 0 fully saturated rings. The van der Waals surface area contributed by atoms with E-state index in [2.05, 4.69) is 10.6 Å². The van der Waals surface area contributed by atoms with Gasteiger partial charge in [0.1, 0.15) is 11.3 Å². The molecule has 0 bridgehead atoms. The molecule has 0 saturated heterocycles. The first-order valence-electron chi connectivity index (χ1n) is 7.71. The minimum atomic E-state index is -1.43. The van der Waals surface area contributed by atoms with Gasteiger partial charge >= 0.3 is 5.63 Å². The zero-order valence-electron chi connectivity index (χ0n) is 14.2. The molecule has 1 unspecified atom stereocenters. The van der Waals surface area contributed by atoms with E-state index in [0.717, 1.165) is 10.9 Å². The SMILES string of the molecule is Cc1cc(=O)oc2cc(OC(C)C(=O)NCC(=O)NCC(=O)[O-])ccc12. The normalized spacial score (nSPS) is 11.6. The maximum absolute atomic E-state index is 11.9. The smallest absolute Gasteiger partial charge is 0.336 e. The number of aliphatic carboxylic acids is 1. The summed E-state index contributed by atoms with van der Waals surface area (Å²) in [5.41, 5.74) is 0.610. The number of aryl methyl sites for hydroxylation is 1. The minimum Gasteiger partial charge on any atom is -0.548 e. The van der Waals surface area contributed by atoms with E-state index in [0.29, 0.717) is 11.3 Å². The molecule has 2 N–H and O–H groups in total. The summed E-state index contributed by atoms with van der Waals surface area (Å²) in [6.45, 7) is 2.22. The number of carboxylic acids is 1. The van der Waals surface area contributed by atoms with Crippen molar-refractivity contribution in [1.29, 1.82) is 0 Å². The van der Waals surface area contributed by atoms with Crippen LogP contribution in [-0.4, -0.2) is 37.0 Å². The number of hydrogen-bond donors (Lipinski definition) is 2. The van der Waals surface area contributed by atoms with Gasteiger partial charge < -0.3 is 29.7 Å².